The maximum absolute atomic E-state index is 5.08. The van der Waals surface area contributed by atoms with Crippen molar-refractivity contribution < 1.29 is 4.74 Å². The van der Waals surface area contributed by atoms with E-state index in [9.17, 15) is 0 Å². The molecule has 0 amide bonds. The van der Waals surface area contributed by atoms with Crippen molar-refractivity contribution >= 4 is 11.6 Å². The Kier molecular flexibility index (Phi) is 7.39. The van der Waals surface area contributed by atoms with Crippen LogP contribution in [0.25, 0.3) is 0 Å². The van der Waals surface area contributed by atoms with Crippen LogP contribution in [0, 0.1) is 6.92 Å². The number of aromatic nitrogens is 2. The molecule has 0 bridgehead atoms. The minimum absolute atomic E-state index is 0.308. The zero-order valence-corrected chi connectivity index (χ0v) is 14.2. The second-order valence-corrected chi connectivity index (χ2v) is 5.53. The first-order valence-corrected chi connectivity index (χ1v) is 7.47. The van der Waals surface area contributed by atoms with Gasteiger partial charge in [-0.3, -0.25) is 0 Å². The number of nitrogens with one attached hydrogen (secondary N) is 2. The fraction of sp³-hybridized carbons (Fsp3) is 0.733. The average Bonchev–Trinajstić information content (AvgIpc) is 2.46. The van der Waals surface area contributed by atoms with Gasteiger partial charge in [-0.2, -0.15) is 0 Å². The van der Waals surface area contributed by atoms with Gasteiger partial charge in [-0.1, -0.05) is 13.8 Å². The van der Waals surface area contributed by atoms with Crippen LogP contribution in [0.2, 0.25) is 0 Å². The van der Waals surface area contributed by atoms with Gasteiger partial charge in [-0.15, -0.1) is 0 Å². The second kappa shape index (κ2) is 8.79. The monoisotopic (exact) mass is 295 g/mol. The zero-order chi connectivity index (χ0) is 15.8. The van der Waals surface area contributed by atoms with Crippen LogP contribution < -0.4 is 10.6 Å². The fourth-order valence-corrected chi connectivity index (χ4v) is 1.93. The molecule has 6 heteroatoms. The normalized spacial score (nSPS) is 11.2. The molecule has 1 heterocycles. The molecule has 0 aliphatic heterocycles. The van der Waals surface area contributed by atoms with E-state index in [2.05, 4.69) is 46.4 Å². The molecular formula is C15H29N5O. The summed E-state index contributed by atoms with van der Waals surface area (Å²) in [5.41, 5.74) is 1.06. The Morgan fingerprint density at radius 2 is 1.86 bits per heavy atom. The first-order valence-electron chi connectivity index (χ1n) is 7.47. The van der Waals surface area contributed by atoms with Crippen molar-refractivity contribution in [3.05, 3.63) is 11.4 Å². The molecule has 0 aliphatic carbocycles. The SMILES string of the molecule is CNc1nc(C(C)C)nc(NCCN(C)CCOC)c1C. The van der Waals surface area contributed by atoms with Crippen molar-refractivity contribution in [3.8, 4) is 0 Å². The molecule has 1 aromatic rings. The second-order valence-electron chi connectivity index (χ2n) is 5.53. The van der Waals surface area contributed by atoms with Crippen molar-refractivity contribution in [2.24, 2.45) is 0 Å². The van der Waals surface area contributed by atoms with Crippen LogP contribution in [0.1, 0.15) is 31.2 Å². The molecule has 0 aliphatic rings. The summed E-state index contributed by atoms with van der Waals surface area (Å²) in [7, 11) is 5.71. The molecule has 1 rings (SSSR count). The summed E-state index contributed by atoms with van der Waals surface area (Å²) in [4.78, 5) is 11.4. The third kappa shape index (κ3) is 5.47. The van der Waals surface area contributed by atoms with Crippen LogP contribution >= 0.6 is 0 Å². The predicted octanol–water partition coefficient (Wildman–Crippen LogP) is 1.94. The van der Waals surface area contributed by atoms with E-state index in [0.29, 0.717) is 5.92 Å². The van der Waals surface area contributed by atoms with Gasteiger partial charge in [0, 0.05) is 45.3 Å². The van der Waals surface area contributed by atoms with Crippen LogP contribution in [0.3, 0.4) is 0 Å². The molecule has 0 atom stereocenters. The van der Waals surface area contributed by atoms with E-state index in [4.69, 9.17) is 4.74 Å². The Labute approximate surface area is 128 Å². The predicted molar refractivity (Wildman–Crippen MR) is 88.3 cm³/mol. The summed E-state index contributed by atoms with van der Waals surface area (Å²) in [6.45, 7) is 9.72. The van der Waals surface area contributed by atoms with E-state index in [1.165, 1.54) is 0 Å². The number of likely N-dealkylation sites (N-methyl/N-ethyl adjacent to an activating group) is 1. The standard InChI is InChI=1S/C15H29N5O/c1-11(2)13-18-14(16-4)12(3)15(19-13)17-7-8-20(5)9-10-21-6/h11H,7-10H2,1-6H3,(H2,16,17,18,19). The molecule has 0 fully saturated rings. The Morgan fingerprint density at radius 1 is 1.19 bits per heavy atom. The third-order valence-electron chi connectivity index (χ3n) is 3.38. The minimum atomic E-state index is 0.308. The van der Waals surface area contributed by atoms with Gasteiger partial charge in [0.25, 0.3) is 0 Å². The lowest BCUT2D eigenvalue weighted by molar-refractivity contribution is 0.163. The van der Waals surface area contributed by atoms with Crippen LogP contribution in [0.15, 0.2) is 0 Å². The van der Waals surface area contributed by atoms with Gasteiger partial charge in [-0.05, 0) is 14.0 Å². The third-order valence-corrected chi connectivity index (χ3v) is 3.38. The molecule has 0 spiro atoms. The lowest BCUT2D eigenvalue weighted by atomic mass is 10.2. The van der Waals surface area contributed by atoms with Crippen molar-refractivity contribution in [1.82, 2.24) is 14.9 Å². The number of hydrogen-bond acceptors (Lipinski definition) is 6. The van der Waals surface area contributed by atoms with E-state index in [0.717, 1.165) is 49.3 Å². The largest absolute Gasteiger partial charge is 0.383 e. The molecule has 0 aromatic carbocycles. The summed E-state index contributed by atoms with van der Waals surface area (Å²) in [5, 5.41) is 6.56. The molecule has 2 N–H and O–H groups in total. The minimum Gasteiger partial charge on any atom is -0.383 e. The van der Waals surface area contributed by atoms with Gasteiger partial charge < -0.3 is 20.3 Å². The lowest BCUT2D eigenvalue weighted by Gasteiger charge is -2.18. The smallest absolute Gasteiger partial charge is 0.135 e. The van der Waals surface area contributed by atoms with Crippen LogP contribution in [-0.4, -0.2) is 62.3 Å². The molecule has 0 saturated heterocycles. The average molecular weight is 295 g/mol. The Balaban J connectivity index is 2.67. The van der Waals surface area contributed by atoms with Crippen LogP contribution in [0.5, 0.6) is 0 Å². The summed E-state index contributed by atoms with van der Waals surface area (Å²) in [6, 6.07) is 0. The number of methoxy groups -OCH3 is 1. The van der Waals surface area contributed by atoms with Crippen molar-refractivity contribution in [2.45, 2.75) is 26.7 Å². The number of rotatable bonds is 9. The lowest BCUT2D eigenvalue weighted by Crippen LogP contribution is -2.28. The van der Waals surface area contributed by atoms with E-state index in [-0.39, 0.29) is 0 Å². The summed E-state index contributed by atoms with van der Waals surface area (Å²) < 4.78 is 5.08. The maximum atomic E-state index is 5.08. The highest BCUT2D eigenvalue weighted by atomic mass is 16.5. The van der Waals surface area contributed by atoms with E-state index >= 15 is 0 Å². The van der Waals surface area contributed by atoms with E-state index < -0.39 is 0 Å². The summed E-state index contributed by atoms with van der Waals surface area (Å²) in [6.07, 6.45) is 0. The zero-order valence-electron chi connectivity index (χ0n) is 14.2. The molecule has 21 heavy (non-hydrogen) atoms. The quantitative estimate of drug-likeness (QED) is 0.726. The molecule has 0 radical (unpaired) electrons. The topological polar surface area (TPSA) is 62.3 Å². The van der Waals surface area contributed by atoms with Crippen molar-refractivity contribution in [3.63, 3.8) is 0 Å². The highest BCUT2D eigenvalue weighted by Gasteiger charge is 2.12. The van der Waals surface area contributed by atoms with Gasteiger partial charge in [0.2, 0.25) is 0 Å². The highest BCUT2D eigenvalue weighted by Crippen LogP contribution is 2.22. The number of nitrogens with zero attached hydrogens (tertiary/aromatic N) is 3. The van der Waals surface area contributed by atoms with Crippen molar-refractivity contribution in [2.75, 3.05) is 58.1 Å². The van der Waals surface area contributed by atoms with Gasteiger partial charge in [0.1, 0.15) is 17.5 Å². The van der Waals surface area contributed by atoms with Crippen LogP contribution in [0.4, 0.5) is 11.6 Å². The molecule has 1 aromatic heterocycles. The Bertz CT molecular complexity index is 436. The maximum Gasteiger partial charge on any atom is 0.135 e. The number of ether oxygens (including phenoxy) is 1. The molecule has 0 saturated carbocycles. The van der Waals surface area contributed by atoms with Gasteiger partial charge >= 0.3 is 0 Å². The van der Waals surface area contributed by atoms with Gasteiger partial charge in [0.05, 0.1) is 6.61 Å². The number of anilines is 2. The first kappa shape index (κ1) is 17.7. The first-order chi connectivity index (χ1) is 9.99. The molecule has 6 nitrogen and oxygen atoms in total. The highest BCUT2D eigenvalue weighted by molar-refractivity contribution is 5.57. The van der Waals surface area contributed by atoms with Gasteiger partial charge in [0.15, 0.2) is 0 Å². The Hall–Kier alpha value is -1.40. The molecule has 120 valence electrons. The van der Waals surface area contributed by atoms with Crippen LogP contribution in [-0.2, 0) is 4.74 Å². The Morgan fingerprint density at radius 3 is 2.43 bits per heavy atom. The van der Waals surface area contributed by atoms with Gasteiger partial charge in [-0.25, -0.2) is 9.97 Å². The molecule has 0 unspecified atom stereocenters. The van der Waals surface area contributed by atoms with E-state index in [1.54, 1.807) is 7.11 Å². The fourth-order valence-electron chi connectivity index (χ4n) is 1.93. The van der Waals surface area contributed by atoms with E-state index in [1.807, 2.05) is 14.0 Å². The summed E-state index contributed by atoms with van der Waals surface area (Å²) >= 11 is 0. The number of hydrogen-bond donors (Lipinski definition) is 2. The summed E-state index contributed by atoms with van der Waals surface area (Å²) in [5.74, 6) is 2.98. The van der Waals surface area contributed by atoms with Crippen molar-refractivity contribution in [1.29, 1.82) is 0 Å². The molecular weight excluding hydrogens is 266 g/mol.